The zero-order valence-electron chi connectivity index (χ0n) is 13.0. The molecular weight excluding hydrogens is 266 g/mol. The first-order valence-electron chi connectivity index (χ1n) is 7.77. The van der Waals surface area contributed by atoms with Crippen LogP contribution in [0.1, 0.15) is 43.7 Å². The van der Waals surface area contributed by atoms with Crippen LogP contribution < -0.4 is 4.74 Å². The molecule has 1 aromatic rings. The van der Waals surface area contributed by atoms with E-state index in [1.54, 1.807) is 6.92 Å². The highest BCUT2D eigenvalue weighted by Crippen LogP contribution is 2.22. The number of hydrogen-bond acceptors (Lipinski definition) is 3. The molecule has 1 aromatic carbocycles. The van der Waals surface area contributed by atoms with Gasteiger partial charge in [0.05, 0.1) is 6.61 Å². The monoisotopic (exact) mass is 291 g/mol. The Kier molecular flexibility index (Phi) is 5.62. The second-order valence-corrected chi connectivity index (χ2v) is 5.77. The second-order valence-electron chi connectivity index (χ2n) is 5.77. The molecule has 2 rings (SSSR count). The predicted molar refractivity (Wildman–Crippen MR) is 82.2 cm³/mol. The molecule has 4 heteroatoms. The van der Waals surface area contributed by atoms with Crippen molar-refractivity contribution < 1.29 is 14.6 Å². The minimum absolute atomic E-state index is 0.0429. The van der Waals surface area contributed by atoms with Gasteiger partial charge in [-0.1, -0.05) is 30.5 Å². The number of carbonyl (C=O) groups excluding carboxylic acids is 1. The summed E-state index contributed by atoms with van der Waals surface area (Å²) < 4.78 is 5.80. The van der Waals surface area contributed by atoms with E-state index in [-0.39, 0.29) is 12.5 Å². The summed E-state index contributed by atoms with van der Waals surface area (Å²) in [5.74, 6) is 0.639. The maximum atomic E-state index is 12.5. The third kappa shape index (κ3) is 4.21. The van der Waals surface area contributed by atoms with Gasteiger partial charge in [-0.05, 0) is 32.8 Å². The van der Waals surface area contributed by atoms with E-state index in [1.807, 2.05) is 30.0 Å². The smallest absolute Gasteiger partial charge is 0.263 e. The lowest BCUT2D eigenvalue weighted by molar-refractivity contribution is -0.137. The van der Waals surface area contributed by atoms with Crippen LogP contribution in [0, 0.1) is 6.92 Å². The Balaban J connectivity index is 2.03. The SMILES string of the molecule is Cc1ccc(OC(C)C(=O)N2CCCCCC2)c(CO)c1. The molecular formula is C17H25NO3. The molecule has 1 fully saturated rings. The minimum atomic E-state index is -0.517. The Morgan fingerprint density at radius 3 is 2.57 bits per heavy atom. The van der Waals surface area contributed by atoms with Crippen LogP contribution in [0.2, 0.25) is 0 Å². The fourth-order valence-corrected chi connectivity index (χ4v) is 2.74. The highest BCUT2D eigenvalue weighted by Gasteiger charge is 2.23. The van der Waals surface area contributed by atoms with Crippen LogP contribution in [0.25, 0.3) is 0 Å². The van der Waals surface area contributed by atoms with Crippen LogP contribution in [-0.2, 0) is 11.4 Å². The van der Waals surface area contributed by atoms with Gasteiger partial charge in [0.25, 0.3) is 5.91 Å². The summed E-state index contributed by atoms with van der Waals surface area (Å²) in [5, 5.41) is 9.40. The van der Waals surface area contributed by atoms with E-state index in [9.17, 15) is 9.90 Å². The summed E-state index contributed by atoms with van der Waals surface area (Å²) in [6.45, 7) is 5.32. The quantitative estimate of drug-likeness (QED) is 0.928. The molecule has 0 radical (unpaired) electrons. The third-order valence-electron chi connectivity index (χ3n) is 3.96. The van der Waals surface area contributed by atoms with Crippen LogP contribution in [-0.4, -0.2) is 35.1 Å². The third-order valence-corrected chi connectivity index (χ3v) is 3.96. The van der Waals surface area contributed by atoms with Gasteiger partial charge in [-0.2, -0.15) is 0 Å². The first-order chi connectivity index (χ1) is 10.1. The largest absolute Gasteiger partial charge is 0.481 e. The summed E-state index contributed by atoms with van der Waals surface area (Å²) in [4.78, 5) is 14.4. The Labute approximate surface area is 126 Å². The Morgan fingerprint density at radius 2 is 1.95 bits per heavy atom. The molecule has 1 unspecified atom stereocenters. The first kappa shape index (κ1) is 15.8. The molecule has 1 heterocycles. The zero-order valence-corrected chi connectivity index (χ0v) is 13.0. The van der Waals surface area contributed by atoms with Crippen LogP contribution in [0.4, 0.5) is 0 Å². The average molecular weight is 291 g/mol. The van der Waals surface area contributed by atoms with Crippen LogP contribution >= 0.6 is 0 Å². The van der Waals surface area contributed by atoms with Crippen LogP contribution in [0.5, 0.6) is 5.75 Å². The Hall–Kier alpha value is -1.55. The molecule has 1 amide bonds. The lowest BCUT2D eigenvalue weighted by Crippen LogP contribution is -2.41. The van der Waals surface area contributed by atoms with Gasteiger partial charge in [-0.25, -0.2) is 0 Å². The van der Waals surface area contributed by atoms with Crippen molar-refractivity contribution in [2.75, 3.05) is 13.1 Å². The lowest BCUT2D eigenvalue weighted by atomic mass is 10.1. The van der Waals surface area contributed by atoms with E-state index >= 15 is 0 Å². The zero-order chi connectivity index (χ0) is 15.2. The summed E-state index contributed by atoms with van der Waals surface area (Å²) >= 11 is 0. The summed E-state index contributed by atoms with van der Waals surface area (Å²) in [5.41, 5.74) is 1.79. The van der Waals surface area contributed by atoms with Crippen molar-refractivity contribution in [1.82, 2.24) is 4.90 Å². The molecule has 21 heavy (non-hydrogen) atoms. The molecule has 1 atom stereocenters. The maximum absolute atomic E-state index is 12.5. The molecule has 0 spiro atoms. The topological polar surface area (TPSA) is 49.8 Å². The van der Waals surface area contributed by atoms with Gasteiger partial charge in [-0.3, -0.25) is 4.79 Å². The number of benzene rings is 1. The molecule has 4 nitrogen and oxygen atoms in total. The number of ether oxygens (including phenoxy) is 1. The number of hydrogen-bond donors (Lipinski definition) is 1. The van der Waals surface area contributed by atoms with E-state index < -0.39 is 6.10 Å². The number of amides is 1. The molecule has 1 N–H and O–H groups in total. The van der Waals surface area contributed by atoms with Gasteiger partial charge in [-0.15, -0.1) is 0 Å². The minimum Gasteiger partial charge on any atom is -0.481 e. The summed E-state index contributed by atoms with van der Waals surface area (Å²) in [7, 11) is 0. The van der Waals surface area contributed by atoms with Gasteiger partial charge in [0.1, 0.15) is 5.75 Å². The van der Waals surface area contributed by atoms with E-state index in [2.05, 4.69) is 0 Å². The van der Waals surface area contributed by atoms with E-state index in [0.717, 1.165) is 37.1 Å². The van der Waals surface area contributed by atoms with Crippen molar-refractivity contribution in [2.45, 2.75) is 52.2 Å². The van der Waals surface area contributed by atoms with Gasteiger partial charge in [0.15, 0.2) is 6.10 Å². The van der Waals surface area contributed by atoms with Crippen molar-refractivity contribution in [3.8, 4) is 5.75 Å². The maximum Gasteiger partial charge on any atom is 0.263 e. The van der Waals surface area contributed by atoms with E-state index in [0.29, 0.717) is 5.75 Å². The van der Waals surface area contributed by atoms with E-state index in [4.69, 9.17) is 4.74 Å². The molecule has 116 valence electrons. The molecule has 1 aliphatic heterocycles. The van der Waals surface area contributed by atoms with Gasteiger partial charge < -0.3 is 14.7 Å². The predicted octanol–water partition coefficient (Wildman–Crippen LogP) is 2.66. The standard InChI is InChI=1S/C17H25NO3/c1-13-7-8-16(15(11-13)12-19)21-14(2)17(20)18-9-5-3-4-6-10-18/h7-8,11,14,19H,3-6,9-10,12H2,1-2H3. The fourth-order valence-electron chi connectivity index (χ4n) is 2.74. The molecule has 0 aliphatic carbocycles. The average Bonchev–Trinajstić information content (AvgIpc) is 2.77. The Morgan fingerprint density at radius 1 is 1.29 bits per heavy atom. The lowest BCUT2D eigenvalue weighted by Gasteiger charge is -2.25. The number of nitrogens with zero attached hydrogens (tertiary/aromatic N) is 1. The van der Waals surface area contributed by atoms with Crippen molar-refractivity contribution in [3.05, 3.63) is 29.3 Å². The van der Waals surface area contributed by atoms with Crippen molar-refractivity contribution in [2.24, 2.45) is 0 Å². The van der Waals surface area contributed by atoms with Gasteiger partial charge >= 0.3 is 0 Å². The number of rotatable bonds is 4. The van der Waals surface area contributed by atoms with Gasteiger partial charge in [0, 0.05) is 18.7 Å². The molecule has 1 saturated heterocycles. The second kappa shape index (κ2) is 7.46. The molecule has 0 saturated carbocycles. The molecule has 0 bridgehead atoms. The number of carbonyl (C=O) groups is 1. The van der Waals surface area contributed by atoms with Crippen molar-refractivity contribution in [1.29, 1.82) is 0 Å². The fraction of sp³-hybridized carbons (Fsp3) is 0.588. The number of aliphatic hydroxyl groups is 1. The van der Waals surface area contributed by atoms with Crippen LogP contribution in [0.3, 0.4) is 0 Å². The number of aliphatic hydroxyl groups excluding tert-OH is 1. The highest BCUT2D eigenvalue weighted by molar-refractivity contribution is 5.81. The highest BCUT2D eigenvalue weighted by atomic mass is 16.5. The summed E-state index contributed by atoms with van der Waals surface area (Å²) in [6, 6.07) is 5.64. The first-order valence-corrected chi connectivity index (χ1v) is 7.77. The molecule has 0 aromatic heterocycles. The Bertz CT molecular complexity index is 479. The van der Waals surface area contributed by atoms with Gasteiger partial charge in [0.2, 0.25) is 0 Å². The van der Waals surface area contributed by atoms with E-state index in [1.165, 1.54) is 12.8 Å². The normalized spacial score (nSPS) is 17.2. The molecule has 1 aliphatic rings. The number of likely N-dealkylation sites (tertiary alicyclic amines) is 1. The summed E-state index contributed by atoms with van der Waals surface area (Å²) in [6.07, 6.45) is 4.03. The number of aryl methyl sites for hydroxylation is 1. The van der Waals surface area contributed by atoms with Crippen molar-refractivity contribution in [3.63, 3.8) is 0 Å². The van der Waals surface area contributed by atoms with Crippen molar-refractivity contribution >= 4 is 5.91 Å². The van der Waals surface area contributed by atoms with Crippen LogP contribution in [0.15, 0.2) is 18.2 Å².